The van der Waals surface area contributed by atoms with E-state index < -0.39 is 0 Å². The molecule has 3 rings (SSSR count). The molecular formula is C12H9FN4S. The molecule has 6 heteroatoms. The molecule has 2 heterocycles. The normalized spacial score (nSPS) is 10.7. The summed E-state index contributed by atoms with van der Waals surface area (Å²) in [4.78, 5) is 5.30. The Morgan fingerprint density at radius 1 is 1.28 bits per heavy atom. The van der Waals surface area contributed by atoms with Crippen LogP contribution in [0.25, 0.3) is 22.1 Å². The Morgan fingerprint density at radius 2 is 2.17 bits per heavy atom. The number of thiophene rings is 1. The van der Waals surface area contributed by atoms with Gasteiger partial charge in [0.2, 0.25) is 0 Å². The molecule has 0 aliphatic heterocycles. The van der Waals surface area contributed by atoms with Gasteiger partial charge in [-0.3, -0.25) is 5.10 Å². The predicted octanol–water partition coefficient (Wildman–Crippen LogP) is 2.92. The number of anilines is 1. The smallest absolute Gasteiger partial charge is 0.183 e. The van der Waals surface area contributed by atoms with Gasteiger partial charge in [0.15, 0.2) is 11.6 Å². The molecule has 0 bridgehead atoms. The van der Waals surface area contributed by atoms with Crippen molar-refractivity contribution in [2.24, 2.45) is 0 Å². The molecule has 0 saturated carbocycles. The first-order valence-electron chi connectivity index (χ1n) is 5.26. The lowest BCUT2D eigenvalue weighted by Gasteiger charge is -2.00. The molecule has 2 aromatic heterocycles. The molecule has 1 aromatic carbocycles. The number of nitrogens with one attached hydrogen (secondary N) is 1. The summed E-state index contributed by atoms with van der Waals surface area (Å²) in [5.74, 6) is 0.695. The molecular weight excluding hydrogens is 251 g/mol. The van der Waals surface area contributed by atoms with Crippen molar-refractivity contribution in [3.05, 3.63) is 41.5 Å². The van der Waals surface area contributed by atoms with Gasteiger partial charge in [-0.1, -0.05) is 6.07 Å². The minimum absolute atomic E-state index is 0.360. The Hall–Kier alpha value is -2.21. The highest BCUT2D eigenvalue weighted by Crippen LogP contribution is 2.27. The Morgan fingerprint density at radius 3 is 2.94 bits per heavy atom. The number of aromatic amines is 1. The zero-order valence-electron chi connectivity index (χ0n) is 9.22. The SMILES string of the molecule is Nc1ccc(F)cc1-c1n[nH]c(-c2cccs2)n1. The average Bonchev–Trinajstić information content (AvgIpc) is 3.00. The van der Waals surface area contributed by atoms with E-state index in [0.717, 1.165) is 4.88 Å². The quantitative estimate of drug-likeness (QED) is 0.696. The van der Waals surface area contributed by atoms with Gasteiger partial charge in [0.25, 0.3) is 0 Å². The molecule has 0 spiro atoms. The summed E-state index contributed by atoms with van der Waals surface area (Å²) in [5.41, 5.74) is 6.74. The molecule has 0 aliphatic rings. The third-order valence-electron chi connectivity index (χ3n) is 2.50. The van der Waals surface area contributed by atoms with Crippen LogP contribution in [0, 0.1) is 5.82 Å². The number of nitrogens with two attached hydrogens (primary N) is 1. The number of halogens is 1. The van der Waals surface area contributed by atoms with Crippen LogP contribution in [0.2, 0.25) is 0 Å². The van der Waals surface area contributed by atoms with Crippen LogP contribution in [0.5, 0.6) is 0 Å². The second kappa shape index (κ2) is 4.23. The molecule has 0 radical (unpaired) electrons. The number of rotatable bonds is 2. The van der Waals surface area contributed by atoms with Crippen LogP contribution in [-0.4, -0.2) is 15.2 Å². The number of hydrogen-bond donors (Lipinski definition) is 2. The molecule has 0 unspecified atom stereocenters. The van der Waals surface area contributed by atoms with E-state index in [1.807, 2.05) is 17.5 Å². The van der Waals surface area contributed by atoms with E-state index in [4.69, 9.17) is 5.73 Å². The van der Waals surface area contributed by atoms with E-state index in [2.05, 4.69) is 15.2 Å². The maximum atomic E-state index is 13.2. The van der Waals surface area contributed by atoms with Gasteiger partial charge in [-0.25, -0.2) is 9.37 Å². The monoisotopic (exact) mass is 260 g/mol. The molecule has 0 saturated heterocycles. The highest BCUT2D eigenvalue weighted by atomic mass is 32.1. The van der Waals surface area contributed by atoms with E-state index in [1.54, 1.807) is 11.3 Å². The van der Waals surface area contributed by atoms with Crippen molar-refractivity contribution in [3.63, 3.8) is 0 Å². The summed E-state index contributed by atoms with van der Waals surface area (Å²) in [6.07, 6.45) is 0. The molecule has 0 atom stereocenters. The summed E-state index contributed by atoms with van der Waals surface area (Å²) < 4.78 is 13.2. The van der Waals surface area contributed by atoms with Gasteiger partial charge in [-0.15, -0.1) is 11.3 Å². The van der Waals surface area contributed by atoms with Crippen LogP contribution in [0.1, 0.15) is 0 Å². The Bertz CT molecular complexity index is 675. The number of aromatic nitrogens is 3. The Labute approximate surface area is 106 Å². The van der Waals surface area contributed by atoms with Crippen molar-refractivity contribution in [3.8, 4) is 22.1 Å². The average molecular weight is 260 g/mol. The fourth-order valence-electron chi connectivity index (χ4n) is 1.63. The molecule has 0 amide bonds. The lowest BCUT2D eigenvalue weighted by Crippen LogP contribution is -1.92. The van der Waals surface area contributed by atoms with E-state index in [0.29, 0.717) is 22.9 Å². The van der Waals surface area contributed by atoms with Crippen molar-refractivity contribution in [1.82, 2.24) is 15.2 Å². The van der Waals surface area contributed by atoms with Gasteiger partial charge in [-0.2, -0.15) is 5.10 Å². The minimum Gasteiger partial charge on any atom is -0.398 e. The number of nitrogen functional groups attached to an aromatic ring is 1. The second-order valence-electron chi connectivity index (χ2n) is 3.72. The number of hydrogen-bond acceptors (Lipinski definition) is 4. The van der Waals surface area contributed by atoms with Crippen LogP contribution >= 0.6 is 11.3 Å². The second-order valence-corrected chi connectivity index (χ2v) is 4.66. The van der Waals surface area contributed by atoms with Crippen molar-refractivity contribution >= 4 is 17.0 Å². The van der Waals surface area contributed by atoms with E-state index in [-0.39, 0.29) is 5.82 Å². The first kappa shape index (κ1) is 10.9. The van der Waals surface area contributed by atoms with Gasteiger partial charge in [0.1, 0.15) is 5.82 Å². The fourth-order valence-corrected chi connectivity index (χ4v) is 2.29. The molecule has 0 aliphatic carbocycles. The Kier molecular flexibility index (Phi) is 2.56. The van der Waals surface area contributed by atoms with Crippen molar-refractivity contribution in [2.75, 3.05) is 5.73 Å². The standard InChI is InChI=1S/C12H9FN4S/c13-7-3-4-9(14)8(6-7)11-15-12(17-16-11)10-2-1-5-18-10/h1-6H,14H2,(H,15,16,17). The van der Waals surface area contributed by atoms with Gasteiger partial charge >= 0.3 is 0 Å². The van der Waals surface area contributed by atoms with Gasteiger partial charge in [0, 0.05) is 11.3 Å². The van der Waals surface area contributed by atoms with Gasteiger partial charge in [0.05, 0.1) is 4.88 Å². The van der Waals surface area contributed by atoms with Crippen molar-refractivity contribution in [2.45, 2.75) is 0 Å². The topological polar surface area (TPSA) is 67.6 Å². The summed E-state index contributed by atoms with van der Waals surface area (Å²) in [7, 11) is 0. The zero-order valence-corrected chi connectivity index (χ0v) is 10.0. The van der Waals surface area contributed by atoms with Crippen LogP contribution in [0.4, 0.5) is 10.1 Å². The van der Waals surface area contributed by atoms with Crippen LogP contribution in [0.3, 0.4) is 0 Å². The lowest BCUT2D eigenvalue weighted by atomic mass is 10.1. The number of nitrogens with zero attached hydrogens (tertiary/aromatic N) is 2. The maximum Gasteiger partial charge on any atom is 0.183 e. The molecule has 0 fully saturated rings. The highest BCUT2D eigenvalue weighted by molar-refractivity contribution is 7.13. The molecule has 90 valence electrons. The largest absolute Gasteiger partial charge is 0.398 e. The van der Waals surface area contributed by atoms with Crippen LogP contribution in [0.15, 0.2) is 35.7 Å². The first-order valence-corrected chi connectivity index (χ1v) is 6.13. The summed E-state index contributed by atoms with van der Waals surface area (Å²) in [5, 5.41) is 8.85. The summed E-state index contributed by atoms with van der Waals surface area (Å²) >= 11 is 1.55. The summed E-state index contributed by atoms with van der Waals surface area (Å²) in [6.45, 7) is 0. The molecule has 3 N–H and O–H groups in total. The van der Waals surface area contributed by atoms with E-state index in [9.17, 15) is 4.39 Å². The fraction of sp³-hybridized carbons (Fsp3) is 0. The molecule has 4 nitrogen and oxygen atoms in total. The van der Waals surface area contributed by atoms with Gasteiger partial charge in [-0.05, 0) is 29.6 Å². The molecule has 3 aromatic rings. The van der Waals surface area contributed by atoms with E-state index >= 15 is 0 Å². The summed E-state index contributed by atoms with van der Waals surface area (Å²) in [6, 6.07) is 8.01. The first-order chi connectivity index (χ1) is 8.74. The van der Waals surface area contributed by atoms with Crippen LogP contribution < -0.4 is 5.73 Å². The van der Waals surface area contributed by atoms with Crippen LogP contribution in [-0.2, 0) is 0 Å². The third kappa shape index (κ3) is 1.86. The maximum absolute atomic E-state index is 13.2. The highest BCUT2D eigenvalue weighted by Gasteiger charge is 2.11. The third-order valence-corrected chi connectivity index (χ3v) is 3.37. The predicted molar refractivity (Wildman–Crippen MR) is 69.5 cm³/mol. The van der Waals surface area contributed by atoms with Gasteiger partial charge < -0.3 is 5.73 Å². The van der Waals surface area contributed by atoms with Crippen molar-refractivity contribution in [1.29, 1.82) is 0 Å². The Balaban J connectivity index is 2.05. The molecule has 18 heavy (non-hydrogen) atoms. The van der Waals surface area contributed by atoms with E-state index in [1.165, 1.54) is 18.2 Å². The minimum atomic E-state index is -0.360. The number of benzene rings is 1. The zero-order chi connectivity index (χ0) is 12.5. The lowest BCUT2D eigenvalue weighted by molar-refractivity contribution is 0.628. The number of H-pyrrole nitrogens is 1. The van der Waals surface area contributed by atoms with Crippen molar-refractivity contribution < 1.29 is 4.39 Å².